The van der Waals surface area contributed by atoms with Crippen molar-refractivity contribution < 1.29 is 14.2 Å². The summed E-state index contributed by atoms with van der Waals surface area (Å²) >= 11 is 0. The Bertz CT molecular complexity index is 963. The number of aromatic nitrogens is 1. The van der Waals surface area contributed by atoms with Gasteiger partial charge < -0.3 is 18.8 Å². The summed E-state index contributed by atoms with van der Waals surface area (Å²) in [5.74, 6) is 1.41. The molecule has 0 saturated heterocycles. The van der Waals surface area contributed by atoms with Gasteiger partial charge in [0.25, 0.3) is 5.56 Å². The maximum Gasteiger partial charge on any atom is 0.297 e. The Morgan fingerprint density at radius 2 is 1.78 bits per heavy atom. The summed E-state index contributed by atoms with van der Waals surface area (Å²) in [6.45, 7) is 3.13. The highest BCUT2D eigenvalue weighted by Gasteiger charge is 2.18. The smallest absolute Gasteiger partial charge is 0.297 e. The molecule has 27 heavy (non-hydrogen) atoms. The van der Waals surface area contributed by atoms with E-state index in [1.807, 2.05) is 48.5 Å². The van der Waals surface area contributed by atoms with Gasteiger partial charge in [-0.05, 0) is 24.1 Å². The maximum atomic E-state index is 12.7. The van der Waals surface area contributed by atoms with E-state index in [0.29, 0.717) is 19.0 Å². The summed E-state index contributed by atoms with van der Waals surface area (Å²) in [4.78, 5) is 12.7. The van der Waals surface area contributed by atoms with Crippen LogP contribution in [0.25, 0.3) is 10.9 Å². The molecule has 0 atom stereocenters. The molecule has 5 heteroatoms. The lowest BCUT2D eigenvalue weighted by atomic mass is 10.1. The molecule has 0 aliphatic carbocycles. The molecule has 3 aromatic rings. The fourth-order valence-electron chi connectivity index (χ4n) is 2.94. The molecule has 1 aromatic heterocycles. The first kappa shape index (κ1) is 18.8. The topological polar surface area (TPSA) is 49.7 Å². The van der Waals surface area contributed by atoms with Crippen molar-refractivity contribution in [3.63, 3.8) is 0 Å². The van der Waals surface area contributed by atoms with E-state index in [-0.39, 0.29) is 11.3 Å². The van der Waals surface area contributed by atoms with Crippen LogP contribution in [0, 0.1) is 0 Å². The van der Waals surface area contributed by atoms with Crippen LogP contribution < -0.4 is 19.8 Å². The van der Waals surface area contributed by atoms with E-state index >= 15 is 0 Å². The third kappa shape index (κ3) is 4.08. The maximum absolute atomic E-state index is 12.7. The number of benzene rings is 2. The minimum Gasteiger partial charge on any atom is -0.494 e. The molecule has 0 spiro atoms. The second-order valence-electron chi connectivity index (χ2n) is 6.38. The van der Waals surface area contributed by atoms with Gasteiger partial charge in [-0.1, -0.05) is 43.7 Å². The molecule has 0 amide bonds. The largest absolute Gasteiger partial charge is 0.494 e. The lowest BCUT2D eigenvalue weighted by Crippen LogP contribution is -2.20. The summed E-state index contributed by atoms with van der Waals surface area (Å²) in [6, 6.07) is 15.5. The van der Waals surface area contributed by atoms with Crippen molar-refractivity contribution in [3.05, 3.63) is 64.4 Å². The quantitative estimate of drug-likeness (QED) is 0.557. The number of ether oxygens (including phenoxy) is 3. The van der Waals surface area contributed by atoms with E-state index in [2.05, 4.69) is 6.92 Å². The summed E-state index contributed by atoms with van der Waals surface area (Å²) in [6.07, 6.45) is 2.06. The predicted molar refractivity (Wildman–Crippen MR) is 107 cm³/mol. The van der Waals surface area contributed by atoms with Gasteiger partial charge >= 0.3 is 0 Å². The molecule has 0 aliphatic rings. The number of hydrogen-bond acceptors (Lipinski definition) is 4. The highest BCUT2D eigenvalue weighted by molar-refractivity contribution is 5.89. The molecule has 0 bridgehead atoms. The lowest BCUT2D eigenvalue weighted by Gasteiger charge is -2.16. The molecule has 2 aromatic carbocycles. The Balaban J connectivity index is 2.02. The van der Waals surface area contributed by atoms with Gasteiger partial charge in [-0.2, -0.15) is 0 Å². The number of pyridine rings is 1. The molecule has 0 radical (unpaired) electrons. The molecule has 142 valence electrons. The minimum absolute atomic E-state index is 0.209. The molecule has 0 aliphatic heterocycles. The number of methoxy groups -OCH3 is 1. The first-order valence-corrected chi connectivity index (χ1v) is 9.16. The number of aryl methyl sites for hydroxylation is 1. The number of hydrogen-bond donors (Lipinski definition) is 0. The van der Waals surface area contributed by atoms with Crippen LogP contribution in [-0.2, 0) is 13.7 Å². The monoisotopic (exact) mass is 367 g/mol. The van der Waals surface area contributed by atoms with Gasteiger partial charge in [0.2, 0.25) is 5.75 Å². The molecular formula is C22H25NO4. The fourth-order valence-corrected chi connectivity index (χ4v) is 2.94. The Morgan fingerprint density at radius 1 is 1.00 bits per heavy atom. The highest BCUT2D eigenvalue weighted by atomic mass is 16.5. The highest BCUT2D eigenvalue weighted by Crippen LogP contribution is 2.34. The van der Waals surface area contributed by atoms with Crippen molar-refractivity contribution >= 4 is 10.9 Å². The Hall–Kier alpha value is -2.95. The zero-order valence-corrected chi connectivity index (χ0v) is 16.0. The van der Waals surface area contributed by atoms with Crippen molar-refractivity contribution in [1.29, 1.82) is 0 Å². The third-order valence-corrected chi connectivity index (χ3v) is 4.48. The summed E-state index contributed by atoms with van der Waals surface area (Å²) in [5.41, 5.74) is 1.53. The molecule has 0 N–H and O–H groups in total. The standard InChI is InChI=1S/C22H25NO4/c1-4-5-13-26-17-11-12-18-19(14-17)23(2)22(24)21(25-3)20(18)27-15-16-9-7-6-8-10-16/h6-12,14H,4-5,13,15H2,1-3H3. The van der Waals surface area contributed by atoms with Gasteiger partial charge in [0.1, 0.15) is 12.4 Å². The van der Waals surface area contributed by atoms with Gasteiger partial charge in [-0.3, -0.25) is 4.79 Å². The number of rotatable bonds is 8. The van der Waals surface area contributed by atoms with Crippen molar-refractivity contribution in [2.24, 2.45) is 7.05 Å². The average molecular weight is 367 g/mol. The first-order valence-electron chi connectivity index (χ1n) is 9.16. The van der Waals surface area contributed by atoms with Crippen molar-refractivity contribution in [1.82, 2.24) is 4.57 Å². The molecule has 0 fully saturated rings. The molecular weight excluding hydrogens is 342 g/mol. The van der Waals surface area contributed by atoms with Crippen LogP contribution >= 0.6 is 0 Å². The minimum atomic E-state index is -0.237. The average Bonchev–Trinajstić information content (AvgIpc) is 2.70. The fraction of sp³-hybridized carbons (Fsp3) is 0.318. The molecule has 3 rings (SSSR count). The van der Waals surface area contributed by atoms with Gasteiger partial charge in [0.15, 0.2) is 5.75 Å². The second kappa shape index (κ2) is 8.62. The Kier molecular flexibility index (Phi) is 6.01. The molecule has 1 heterocycles. The summed E-state index contributed by atoms with van der Waals surface area (Å²) in [5, 5.41) is 0.813. The van der Waals surface area contributed by atoms with Crippen LogP contribution in [0.1, 0.15) is 25.3 Å². The molecule has 0 unspecified atom stereocenters. The van der Waals surface area contributed by atoms with Gasteiger partial charge in [0, 0.05) is 18.5 Å². The van der Waals surface area contributed by atoms with E-state index < -0.39 is 0 Å². The van der Waals surface area contributed by atoms with Crippen LogP contribution in [0.2, 0.25) is 0 Å². The van der Waals surface area contributed by atoms with Crippen LogP contribution in [0.3, 0.4) is 0 Å². The van der Waals surface area contributed by atoms with Crippen LogP contribution in [0.4, 0.5) is 0 Å². The summed E-state index contributed by atoms with van der Waals surface area (Å²) < 4.78 is 18.7. The predicted octanol–water partition coefficient (Wildman–Crippen LogP) is 4.31. The van der Waals surface area contributed by atoms with Gasteiger partial charge in [-0.15, -0.1) is 0 Å². The van der Waals surface area contributed by atoms with E-state index in [4.69, 9.17) is 14.2 Å². The van der Waals surface area contributed by atoms with E-state index in [0.717, 1.165) is 35.1 Å². The Labute approximate surface area is 159 Å². The van der Waals surface area contributed by atoms with Crippen molar-refractivity contribution in [2.45, 2.75) is 26.4 Å². The zero-order chi connectivity index (χ0) is 19.2. The zero-order valence-electron chi connectivity index (χ0n) is 16.0. The van der Waals surface area contributed by atoms with Crippen molar-refractivity contribution in [2.75, 3.05) is 13.7 Å². The third-order valence-electron chi connectivity index (χ3n) is 4.48. The van der Waals surface area contributed by atoms with Crippen LogP contribution in [0.15, 0.2) is 53.3 Å². The number of fused-ring (bicyclic) bond motifs is 1. The molecule has 0 saturated carbocycles. The van der Waals surface area contributed by atoms with Crippen LogP contribution in [-0.4, -0.2) is 18.3 Å². The SMILES string of the molecule is CCCCOc1ccc2c(OCc3ccccc3)c(OC)c(=O)n(C)c2c1. The van der Waals surface area contributed by atoms with Crippen molar-refractivity contribution in [3.8, 4) is 17.2 Å². The normalized spacial score (nSPS) is 10.8. The van der Waals surface area contributed by atoms with Gasteiger partial charge in [0.05, 0.1) is 19.2 Å². The number of unbranched alkanes of at least 4 members (excludes halogenated alkanes) is 1. The van der Waals surface area contributed by atoms with Crippen LogP contribution in [0.5, 0.6) is 17.2 Å². The number of nitrogens with zero attached hydrogens (tertiary/aromatic N) is 1. The Morgan fingerprint density at radius 3 is 2.48 bits per heavy atom. The lowest BCUT2D eigenvalue weighted by molar-refractivity contribution is 0.285. The second-order valence-corrected chi connectivity index (χ2v) is 6.38. The van der Waals surface area contributed by atoms with E-state index in [1.165, 1.54) is 7.11 Å². The van der Waals surface area contributed by atoms with Gasteiger partial charge in [-0.25, -0.2) is 0 Å². The van der Waals surface area contributed by atoms with E-state index in [1.54, 1.807) is 11.6 Å². The first-order chi connectivity index (χ1) is 13.2. The summed E-state index contributed by atoms with van der Waals surface area (Å²) in [7, 11) is 3.21. The van der Waals surface area contributed by atoms with E-state index in [9.17, 15) is 4.79 Å². The molecule has 5 nitrogen and oxygen atoms in total.